The van der Waals surface area contributed by atoms with Gasteiger partial charge in [0.2, 0.25) is 0 Å². The number of ether oxygens (including phenoxy) is 1. The molecular formula is C10H10O2S. The van der Waals surface area contributed by atoms with Crippen molar-refractivity contribution in [3.8, 4) is 11.5 Å². The first-order valence-electron chi connectivity index (χ1n) is 3.98. The molecule has 1 N–H and O–H groups in total. The topological polar surface area (TPSA) is 29.5 Å². The van der Waals surface area contributed by atoms with Crippen LogP contribution in [0.3, 0.4) is 0 Å². The fraction of sp³-hybridized carbons (Fsp3) is 0.200. The van der Waals surface area contributed by atoms with E-state index in [2.05, 4.69) is 0 Å². The highest BCUT2D eigenvalue weighted by Crippen LogP contribution is 2.38. The Morgan fingerprint density at radius 2 is 2.15 bits per heavy atom. The van der Waals surface area contributed by atoms with Gasteiger partial charge in [0.15, 0.2) is 0 Å². The van der Waals surface area contributed by atoms with Gasteiger partial charge >= 0.3 is 0 Å². The van der Waals surface area contributed by atoms with Gasteiger partial charge in [-0.3, -0.25) is 0 Å². The third-order valence-electron chi connectivity index (χ3n) is 1.97. The van der Waals surface area contributed by atoms with E-state index in [1.165, 1.54) is 4.88 Å². The van der Waals surface area contributed by atoms with Crippen molar-refractivity contribution in [2.45, 2.75) is 6.92 Å². The van der Waals surface area contributed by atoms with Crippen LogP contribution >= 0.6 is 11.3 Å². The molecule has 2 aromatic rings. The lowest BCUT2D eigenvalue weighted by Crippen LogP contribution is -1.81. The number of hydrogen-bond donors (Lipinski definition) is 1. The Hall–Kier alpha value is -1.22. The van der Waals surface area contributed by atoms with Gasteiger partial charge in [0, 0.05) is 10.3 Å². The van der Waals surface area contributed by atoms with Crippen molar-refractivity contribution in [3.05, 3.63) is 23.1 Å². The summed E-state index contributed by atoms with van der Waals surface area (Å²) in [5.41, 5.74) is 0. The summed E-state index contributed by atoms with van der Waals surface area (Å²) < 4.78 is 6.09. The van der Waals surface area contributed by atoms with Gasteiger partial charge in [-0.15, -0.1) is 11.3 Å². The number of thiophene rings is 1. The van der Waals surface area contributed by atoms with E-state index in [0.29, 0.717) is 5.75 Å². The van der Waals surface area contributed by atoms with Crippen molar-refractivity contribution in [3.63, 3.8) is 0 Å². The van der Waals surface area contributed by atoms with Crippen LogP contribution in [0.15, 0.2) is 18.2 Å². The highest BCUT2D eigenvalue weighted by Gasteiger charge is 2.08. The summed E-state index contributed by atoms with van der Waals surface area (Å²) in [5.74, 6) is 1.14. The van der Waals surface area contributed by atoms with Crippen LogP contribution in [0.5, 0.6) is 11.5 Å². The fourth-order valence-corrected chi connectivity index (χ4v) is 2.33. The normalized spacial score (nSPS) is 10.6. The Morgan fingerprint density at radius 3 is 2.85 bits per heavy atom. The average molecular weight is 194 g/mol. The summed E-state index contributed by atoms with van der Waals surface area (Å²) >= 11 is 1.58. The maximum atomic E-state index is 9.56. The van der Waals surface area contributed by atoms with E-state index in [4.69, 9.17) is 4.74 Å². The number of methoxy groups -OCH3 is 1. The summed E-state index contributed by atoms with van der Waals surface area (Å²) in [6, 6.07) is 5.47. The maximum Gasteiger partial charge on any atom is 0.133 e. The van der Waals surface area contributed by atoms with E-state index in [1.54, 1.807) is 30.6 Å². The smallest absolute Gasteiger partial charge is 0.133 e. The molecule has 1 aromatic heterocycles. The van der Waals surface area contributed by atoms with Crippen LogP contribution in [0.1, 0.15) is 4.88 Å². The van der Waals surface area contributed by atoms with Crippen LogP contribution in [-0.4, -0.2) is 12.2 Å². The first-order chi connectivity index (χ1) is 6.22. The summed E-state index contributed by atoms with van der Waals surface area (Å²) in [5, 5.41) is 10.6. The second kappa shape index (κ2) is 2.92. The van der Waals surface area contributed by atoms with Gasteiger partial charge in [0.25, 0.3) is 0 Å². The molecule has 0 spiro atoms. The number of hydrogen-bond acceptors (Lipinski definition) is 3. The predicted molar refractivity (Wildman–Crippen MR) is 54.8 cm³/mol. The van der Waals surface area contributed by atoms with Gasteiger partial charge in [0.1, 0.15) is 11.5 Å². The molecule has 68 valence electrons. The van der Waals surface area contributed by atoms with E-state index in [-0.39, 0.29) is 0 Å². The number of aromatic hydroxyl groups is 1. The molecule has 0 saturated heterocycles. The second-order valence-electron chi connectivity index (χ2n) is 2.89. The molecule has 0 radical (unpaired) electrons. The lowest BCUT2D eigenvalue weighted by atomic mass is 10.2. The maximum absolute atomic E-state index is 9.56. The molecule has 2 rings (SSSR count). The highest BCUT2D eigenvalue weighted by atomic mass is 32.1. The third-order valence-corrected chi connectivity index (χ3v) is 3.04. The lowest BCUT2D eigenvalue weighted by molar-refractivity contribution is 0.418. The summed E-state index contributed by atoms with van der Waals surface area (Å²) in [4.78, 5) is 1.18. The minimum absolute atomic E-state index is 0.328. The van der Waals surface area contributed by atoms with E-state index in [9.17, 15) is 5.11 Å². The van der Waals surface area contributed by atoms with Crippen molar-refractivity contribution in [2.24, 2.45) is 0 Å². The number of benzene rings is 1. The Bertz CT molecular complexity index is 445. The van der Waals surface area contributed by atoms with Crippen LogP contribution in [0, 0.1) is 6.92 Å². The van der Waals surface area contributed by atoms with Crippen molar-refractivity contribution in [2.75, 3.05) is 7.11 Å². The molecule has 0 aliphatic carbocycles. The molecule has 0 atom stereocenters. The van der Waals surface area contributed by atoms with Crippen molar-refractivity contribution < 1.29 is 9.84 Å². The molecule has 0 amide bonds. The van der Waals surface area contributed by atoms with E-state index >= 15 is 0 Å². The zero-order valence-corrected chi connectivity index (χ0v) is 8.31. The molecule has 13 heavy (non-hydrogen) atoms. The van der Waals surface area contributed by atoms with Crippen LogP contribution in [-0.2, 0) is 0 Å². The Labute approximate surface area is 80.4 Å². The number of phenols is 1. The fourth-order valence-electron chi connectivity index (χ4n) is 1.39. The van der Waals surface area contributed by atoms with E-state index in [1.807, 2.05) is 13.0 Å². The SMILES string of the molecule is COc1ccc(O)c2sc(C)cc12. The standard InChI is InChI=1S/C10H10O2S/c1-6-5-7-9(12-2)4-3-8(11)10(7)13-6/h3-5,11H,1-2H3. The van der Waals surface area contributed by atoms with Crippen LogP contribution < -0.4 is 4.74 Å². The van der Waals surface area contributed by atoms with E-state index < -0.39 is 0 Å². The molecule has 2 nitrogen and oxygen atoms in total. The van der Waals surface area contributed by atoms with Crippen molar-refractivity contribution >= 4 is 21.4 Å². The summed E-state index contributed by atoms with van der Waals surface area (Å²) in [6.07, 6.45) is 0. The third kappa shape index (κ3) is 1.25. The minimum atomic E-state index is 0.328. The monoisotopic (exact) mass is 194 g/mol. The largest absolute Gasteiger partial charge is 0.506 e. The first-order valence-corrected chi connectivity index (χ1v) is 4.80. The Kier molecular flexibility index (Phi) is 1.88. The molecule has 0 saturated carbocycles. The minimum Gasteiger partial charge on any atom is -0.506 e. The second-order valence-corrected chi connectivity index (χ2v) is 4.14. The van der Waals surface area contributed by atoms with Crippen LogP contribution in [0.25, 0.3) is 10.1 Å². The van der Waals surface area contributed by atoms with Gasteiger partial charge in [-0.25, -0.2) is 0 Å². The van der Waals surface area contributed by atoms with Gasteiger partial charge in [-0.2, -0.15) is 0 Å². The zero-order valence-electron chi connectivity index (χ0n) is 7.50. The molecule has 1 aromatic carbocycles. The molecule has 0 aliphatic rings. The molecule has 0 fully saturated rings. The zero-order chi connectivity index (χ0) is 9.42. The molecule has 0 unspecified atom stereocenters. The Morgan fingerprint density at radius 1 is 1.38 bits per heavy atom. The van der Waals surface area contributed by atoms with Crippen molar-refractivity contribution in [1.82, 2.24) is 0 Å². The van der Waals surface area contributed by atoms with Crippen LogP contribution in [0.4, 0.5) is 0 Å². The van der Waals surface area contributed by atoms with Crippen LogP contribution in [0.2, 0.25) is 0 Å². The number of aryl methyl sites for hydroxylation is 1. The quantitative estimate of drug-likeness (QED) is 0.756. The molecule has 3 heteroatoms. The molecule has 0 bridgehead atoms. The van der Waals surface area contributed by atoms with Crippen molar-refractivity contribution in [1.29, 1.82) is 0 Å². The van der Waals surface area contributed by atoms with Gasteiger partial charge in [-0.05, 0) is 25.1 Å². The summed E-state index contributed by atoms with van der Waals surface area (Å²) in [7, 11) is 1.64. The molecule has 0 aliphatic heterocycles. The van der Waals surface area contributed by atoms with E-state index in [0.717, 1.165) is 15.8 Å². The van der Waals surface area contributed by atoms with Gasteiger partial charge in [0.05, 0.1) is 11.8 Å². The average Bonchev–Trinajstić information content (AvgIpc) is 2.48. The molecule has 1 heterocycles. The Balaban J connectivity index is 2.83. The first kappa shape index (κ1) is 8.38. The lowest BCUT2D eigenvalue weighted by Gasteiger charge is -2.01. The predicted octanol–water partition coefficient (Wildman–Crippen LogP) is 2.92. The summed E-state index contributed by atoms with van der Waals surface area (Å²) in [6.45, 7) is 2.02. The van der Waals surface area contributed by atoms with Gasteiger partial charge in [-0.1, -0.05) is 0 Å². The van der Waals surface area contributed by atoms with Gasteiger partial charge < -0.3 is 9.84 Å². The molecular weight excluding hydrogens is 184 g/mol. The highest BCUT2D eigenvalue weighted by molar-refractivity contribution is 7.19. The number of phenolic OH excluding ortho intramolecular Hbond substituents is 1. The number of rotatable bonds is 1. The number of fused-ring (bicyclic) bond motifs is 1.